The molecule has 48 heavy (non-hydrogen) atoms. The highest BCUT2D eigenvalue weighted by Gasteiger charge is 2.53. The van der Waals surface area contributed by atoms with E-state index in [9.17, 15) is 24.1 Å². The van der Waals surface area contributed by atoms with E-state index in [1.165, 1.54) is 28.5 Å². The fourth-order valence-corrected chi connectivity index (χ4v) is 8.91. The number of pyridine rings is 1. The Morgan fingerprint density at radius 1 is 1.23 bits per heavy atom. The molecule has 5 heterocycles. The summed E-state index contributed by atoms with van der Waals surface area (Å²) in [5.41, 5.74) is 1.01. The average molecular weight is 758 g/mol. The third-order valence-electron chi connectivity index (χ3n) is 6.04. The maximum absolute atomic E-state index is 13.3. The predicted molar refractivity (Wildman–Crippen MR) is 176 cm³/mol. The Hall–Kier alpha value is -3.85. The van der Waals surface area contributed by atoms with Crippen LogP contribution in [0.4, 0.5) is 5.13 Å². The first-order valence-electron chi connectivity index (χ1n) is 13.7. The summed E-state index contributed by atoms with van der Waals surface area (Å²) in [5, 5.41) is 30.3. The molecule has 5 N–H and O–H groups in total. The zero-order chi connectivity index (χ0) is 35.2. The van der Waals surface area contributed by atoms with E-state index in [0.29, 0.717) is 15.7 Å². The summed E-state index contributed by atoms with van der Waals surface area (Å²) in [6.45, 7) is 3.09. The lowest BCUT2D eigenvalue weighted by Gasteiger charge is -2.50. The van der Waals surface area contributed by atoms with Gasteiger partial charge in [-0.1, -0.05) is 23.8 Å². The van der Waals surface area contributed by atoms with Crippen LogP contribution >= 0.6 is 53.9 Å². The van der Waals surface area contributed by atoms with Crippen LogP contribution in [0.3, 0.4) is 0 Å². The number of β-lactam (4-membered cyclic amide) rings is 1. The molecule has 1 fully saturated rings. The van der Waals surface area contributed by atoms with Crippen molar-refractivity contribution in [2.24, 2.45) is 12.2 Å². The van der Waals surface area contributed by atoms with Gasteiger partial charge in [0.2, 0.25) is 0 Å². The van der Waals surface area contributed by atoms with Gasteiger partial charge < -0.3 is 34.9 Å². The maximum atomic E-state index is 13.3. The number of fused-ring (bicyclic) bond motifs is 1. The van der Waals surface area contributed by atoms with Gasteiger partial charge in [0.1, 0.15) is 30.8 Å². The zero-order valence-corrected chi connectivity index (χ0v) is 29.4. The van der Waals surface area contributed by atoms with Crippen LogP contribution in [0.5, 0.6) is 0 Å². The maximum Gasteiger partial charge on any atom is 0.429 e. The average Bonchev–Trinajstić information content (AvgIpc) is 3.66. The van der Waals surface area contributed by atoms with Crippen LogP contribution in [-0.4, -0.2) is 83.0 Å². The SMILES string of the molecule is CC(=O)O.CCCO/N=C(\C(=O)N[C@@H]1C(=O)N2C(C(=O)[O-])=C(Sc3nc(-c4cc[n+](C)cc4)cs3)CS[C@H]12)c1csc(NP(=O)(O)O)n1. The molecule has 0 spiro atoms. The number of thioether (sulfide) groups is 2. The number of carbonyl (C=O) groups excluding carboxylic acids is 3. The smallest absolute Gasteiger partial charge is 0.429 e. The molecule has 5 rings (SSSR count). The number of aromatic nitrogens is 3. The molecular weight excluding hydrogens is 730 g/mol. The first-order chi connectivity index (χ1) is 22.7. The van der Waals surface area contributed by atoms with E-state index in [2.05, 4.69) is 20.4 Å². The van der Waals surface area contributed by atoms with Crippen LogP contribution < -0.4 is 20.1 Å². The van der Waals surface area contributed by atoms with Crippen LogP contribution in [0.25, 0.3) is 11.3 Å². The van der Waals surface area contributed by atoms with Crippen molar-refractivity contribution in [2.45, 2.75) is 36.0 Å². The molecule has 256 valence electrons. The molecule has 2 amide bonds. The van der Waals surface area contributed by atoms with Gasteiger partial charge >= 0.3 is 7.75 Å². The van der Waals surface area contributed by atoms with Gasteiger partial charge in [-0.3, -0.25) is 24.4 Å². The van der Waals surface area contributed by atoms with Crippen LogP contribution in [0, 0.1) is 0 Å². The van der Waals surface area contributed by atoms with Crippen LogP contribution in [0.2, 0.25) is 0 Å². The molecule has 0 aliphatic carbocycles. The quantitative estimate of drug-likeness (QED) is 0.0431. The Morgan fingerprint density at radius 2 is 1.92 bits per heavy atom. The number of aryl methyl sites for hydroxylation is 1. The number of nitrogens with zero attached hydrogens (tertiary/aromatic N) is 5. The third-order valence-corrected chi connectivity index (χ3v) is 10.9. The molecular formula is C26H28N7O10PS4. The molecule has 3 aromatic rings. The van der Waals surface area contributed by atoms with Gasteiger partial charge in [-0.2, -0.15) is 0 Å². The van der Waals surface area contributed by atoms with Crippen molar-refractivity contribution >= 4 is 88.5 Å². The summed E-state index contributed by atoms with van der Waals surface area (Å²) in [4.78, 5) is 81.2. The Labute approximate surface area is 289 Å². The van der Waals surface area contributed by atoms with Crippen molar-refractivity contribution in [1.82, 2.24) is 20.2 Å². The molecule has 2 atom stereocenters. The van der Waals surface area contributed by atoms with E-state index in [1.54, 1.807) is 0 Å². The molecule has 2 aliphatic rings. The Balaban J connectivity index is 0.00000123. The molecule has 0 unspecified atom stereocenters. The largest absolute Gasteiger partial charge is 0.543 e. The minimum Gasteiger partial charge on any atom is -0.543 e. The highest BCUT2D eigenvalue weighted by Crippen LogP contribution is 2.46. The van der Waals surface area contributed by atoms with Gasteiger partial charge in [0, 0.05) is 46.0 Å². The fraction of sp³-hybridized carbons (Fsp3) is 0.308. The summed E-state index contributed by atoms with van der Waals surface area (Å²) in [5.74, 6) is -3.61. The lowest BCUT2D eigenvalue weighted by molar-refractivity contribution is -0.671. The number of hydrogen-bond acceptors (Lipinski definition) is 14. The lowest BCUT2D eigenvalue weighted by Crippen LogP contribution is -2.71. The molecule has 22 heteroatoms. The Morgan fingerprint density at radius 3 is 2.54 bits per heavy atom. The number of anilines is 1. The number of carboxylic acid groups (broad SMARTS) is 2. The number of oxime groups is 1. The van der Waals surface area contributed by atoms with E-state index in [1.807, 2.05) is 53.5 Å². The minimum absolute atomic E-state index is 0.0410. The zero-order valence-electron chi connectivity index (χ0n) is 25.3. The second-order valence-electron chi connectivity index (χ2n) is 9.76. The molecule has 0 radical (unpaired) electrons. The van der Waals surface area contributed by atoms with Crippen molar-refractivity contribution in [1.29, 1.82) is 0 Å². The molecule has 2 aliphatic heterocycles. The molecule has 0 aromatic carbocycles. The first kappa shape index (κ1) is 37.0. The highest BCUT2D eigenvalue weighted by molar-refractivity contribution is 8.07. The van der Waals surface area contributed by atoms with Crippen molar-refractivity contribution < 1.29 is 53.1 Å². The normalized spacial score (nSPS) is 17.5. The van der Waals surface area contributed by atoms with Gasteiger partial charge in [0.05, 0.1) is 17.4 Å². The number of carboxylic acids is 2. The van der Waals surface area contributed by atoms with Crippen molar-refractivity contribution in [3.05, 3.63) is 51.6 Å². The van der Waals surface area contributed by atoms with E-state index >= 15 is 0 Å². The molecule has 0 bridgehead atoms. The van der Waals surface area contributed by atoms with E-state index in [0.717, 1.165) is 46.2 Å². The molecule has 1 saturated heterocycles. The summed E-state index contributed by atoms with van der Waals surface area (Å²) in [6.07, 6.45) is 4.37. The minimum atomic E-state index is -4.64. The Bertz CT molecular complexity index is 1800. The van der Waals surface area contributed by atoms with E-state index < -0.39 is 42.9 Å². The molecule has 17 nitrogen and oxygen atoms in total. The summed E-state index contributed by atoms with van der Waals surface area (Å²) in [6, 6.07) is 2.76. The first-order valence-corrected chi connectivity index (χ1v) is 18.9. The number of amides is 2. The molecule has 0 saturated carbocycles. The third kappa shape index (κ3) is 9.40. The van der Waals surface area contributed by atoms with Gasteiger partial charge in [-0.25, -0.2) is 19.1 Å². The van der Waals surface area contributed by atoms with Gasteiger partial charge in [-0.15, -0.1) is 34.4 Å². The van der Waals surface area contributed by atoms with E-state index in [-0.39, 0.29) is 34.6 Å². The van der Waals surface area contributed by atoms with Gasteiger partial charge in [0.25, 0.3) is 17.8 Å². The predicted octanol–water partition coefficient (Wildman–Crippen LogP) is 0.971. The Kier molecular flexibility index (Phi) is 12.4. The number of hydrogen-bond donors (Lipinski definition) is 5. The van der Waals surface area contributed by atoms with Crippen molar-refractivity contribution in [2.75, 3.05) is 17.4 Å². The fourth-order valence-electron chi connectivity index (χ4n) is 4.05. The van der Waals surface area contributed by atoms with Gasteiger partial charge in [0.15, 0.2) is 27.6 Å². The van der Waals surface area contributed by atoms with Crippen LogP contribution in [0.15, 0.2) is 55.4 Å². The van der Waals surface area contributed by atoms with Gasteiger partial charge in [-0.05, 0) is 6.42 Å². The lowest BCUT2D eigenvalue weighted by atomic mass is 10.0. The second kappa shape index (κ2) is 16.0. The number of aliphatic carboxylic acids is 2. The number of thiazole rings is 2. The summed E-state index contributed by atoms with van der Waals surface area (Å²) in [7, 11) is -2.74. The molecule has 3 aromatic heterocycles. The number of carbonyl (C=O) groups is 4. The number of rotatable bonds is 12. The summed E-state index contributed by atoms with van der Waals surface area (Å²) >= 11 is 4.60. The van der Waals surface area contributed by atoms with Crippen molar-refractivity contribution in [3.8, 4) is 11.3 Å². The second-order valence-corrected chi connectivity index (χ2v) is 15.2. The highest BCUT2D eigenvalue weighted by atomic mass is 32.2. The van der Waals surface area contributed by atoms with Crippen molar-refractivity contribution in [3.63, 3.8) is 0 Å². The van der Waals surface area contributed by atoms with Crippen LogP contribution in [0.1, 0.15) is 26.0 Å². The van der Waals surface area contributed by atoms with E-state index in [4.69, 9.17) is 24.5 Å². The van der Waals surface area contributed by atoms with Crippen LogP contribution in [-0.2, 0) is 35.6 Å². The topological polar surface area (TPSA) is 248 Å². The number of nitrogens with one attached hydrogen (secondary N) is 2. The summed E-state index contributed by atoms with van der Waals surface area (Å²) < 4.78 is 13.8. The standard InChI is InChI=1S/C24H24N7O8PS4.C2H4O2/c1-3-8-39-28-16(14-10-42-23(25-14)29-40(36,37)38)19(32)27-17-20(33)31-18(22(34)35)15(11-41-21(17)31)44-24-26-13(9-43-24)12-4-6-30(2)7-5-12;1-2(3)4/h4-7,9-10,17,21H,3,8,11H2,1-2H3,(H4-,25,27,29,32,34,35,36,37,38);1H3,(H,3,4)/b28-16-;/t17-,21-;/m1./s1. The monoisotopic (exact) mass is 757 g/mol.